The lowest BCUT2D eigenvalue weighted by Crippen LogP contribution is -2.43. The van der Waals surface area contributed by atoms with Crippen LogP contribution in [0.15, 0.2) is 23.1 Å². The van der Waals surface area contributed by atoms with Crippen molar-refractivity contribution in [1.82, 2.24) is 9.21 Å². The summed E-state index contributed by atoms with van der Waals surface area (Å²) in [6.07, 6.45) is 7.95. The molecule has 0 aromatic heterocycles. The van der Waals surface area contributed by atoms with E-state index in [-0.39, 0.29) is 34.0 Å². The molecule has 1 aromatic rings. The van der Waals surface area contributed by atoms with Gasteiger partial charge in [-0.2, -0.15) is 4.31 Å². The minimum Gasteiger partial charge on any atom is -0.452 e. The number of hydrogen-bond acceptors (Lipinski definition) is 5. The van der Waals surface area contributed by atoms with Crippen molar-refractivity contribution in [2.75, 3.05) is 26.2 Å². The first-order valence-corrected chi connectivity index (χ1v) is 12.9. The largest absolute Gasteiger partial charge is 0.452 e. The molecule has 1 aromatic carbocycles. The fraction of sp³-hybridized carbons (Fsp3) is 0.636. The molecule has 0 N–H and O–H groups in total. The molecule has 3 rings (SSSR count). The number of hydrogen-bond donors (Lipinski definition) is 0. The minimum absolute atomic E-state index is 0.0626. The minimum atomic E-state index is -3.79. The monoisotopic (exact) mass is 470 g/mol. The number of nitrogens with zero attached hydrogens (tertiary/aromatic N) is 2. The molecule has 31 heavy (non-hydrogen) atoms. The Morgan fingerprint density at radius 1 is 1.10 bits per heavy atom. The van der Waals surface area contributed by atoms with E-state index in [1.807, 2.05) is 6.92 Å². The second-order valence-corrected chi connectivity index (χ2v) is 10.5. The van der Waals surface area contributed by atoms with Gasteiger partial charge in [0.25, 0.3) is 5.91 Å². The van der Waals surface area contributed by atoms with Crippen molar-refractivity contribution in [3.05, 3.63) is 28.8 Å². The highest BCUT2D eigenvalue weighted by Gasteiger charge is 2.29. The number of carbonyl (C=O) groups excluding carboxylic acids is 2. The fourth-order valence-electron chi connectivity index (χ4n) is 4.40. The molecule has 1 aliphatic heterocycles. The molecule has 0 spiro atoms. The Kier molecular flexibility index (Phi) is 8.36. The van der Waals surface area contributed by atoms with Crippen LogP contribution >= 0.6 is 11.6 Å². The Balaban J connectivity index is 1.67. The first-order chi connectivity index (χ1) is 14.8. The predicted octanol–water partition coefficient (Wildman–Crippen LogP) is 3.85. The summed E-state index contributed by atoms with van der Waals surface area (Å²) in [6, 6.07) is 4.25. The predicted molar refractivity (Wildman–Crippen MR) is 119 cm³/mol. The van der Waals surface area contributed by atoms with E-state index in [1.54, 1.807) is 4.90 Å². The Morgan fingerprint density at radius 3 is 2.39 bits per heavy atom. The number of carbonyl (C=O) groups is 2. The summed E-state index contributed by atoms with van der Waals surface area (Å²) < 4.78 is 32.6. The molecule has 2 fully saturated rings. The van der Waals surface area contributed by atoms with Gasteiger partial charge >= 0.3 is 5.97 Å². The van der Waals surface area contributed by atoms with E-state index >= 15 is 0 Å². The summed E-state index contributed by atoms with van der Waals surface area (Å²) in [6.45, 7) is 3.01. The molecule has 0 atom stereocenters. The van der Waals surface area contributed by atoms with Crippen LogP contribution in [0, 0.1) is 0 Å². The SMILES string of the molecule is CCN(C(=O)COC(=O)c1ccc(Cl)c(S(=O)(=O)N2CCCCC2)c1)C1CCCCC1. The summed E-state index contributed by atoms with van der Waals surface area (Å²) in [5.74, 6) is -0.960. The highest BCUT2D eigenvalue weighted by molar-refractivity contribution is 7.89. The number of likely N-dealkylation sites (N-methyl/N-ethyl adjacent to an activating group) is 1. The van der Waals surface area contributed by atoms with E-state index in [0.29, 0.717) is 19.6 Å². The smallest absolute Gasteiger partial charge is 0.338 e. The summed E-state index contributed by atoms with van der Waals surface area (Å²) >= 11 is 6.16. The molecule has 0 unspecified atom stereocenters. The van der Waals surface area contributed by atoms with Gasteiger partial charge in [-0.3, -0.25) is 4.79 Å². The van der Waals surface area contributed by atoms with E-state index in [9.17, 15) is 18.0 Å². The van der Waals surface area contributed by atoms with Gasteiger partial charge in [-0.25, -0.2) is 13.2 Å². The van der Waals surface area contributed by atoms with Crippen molar-refractivity contribution in [1.29, 1.82) is 0 Å². The molecule has 7 nitrogen and oxygen atoms in total. The third-order valence-electron chi connectivity index (χ3n) is 6.10. The summed E-state index contributed by atoms with van der Waals surface area (Å²) in [4.78, 5) is 26.9. The van der Waals surface area contributed by atoms with Crippen LogP contribution < -0.4 is 0 Å². The quantitative estimate of drug-likeness (QED) is 0.565. The van der Waals surface area contributed by atoms with Gasteiger partial charge in [-0.15, -0.1) is 0 Å². The maximum atomic E-state index is 13.0. The number of benzene rings is 1. The molecule has 1 aliphatic carbocycles. The molecule has 172 valence electrons. The third kappa shape index (κ3) is 5.79. The highest BCUT2D eigenvalue weighted by atomic mass is 35.5. The van der Waals surface area contributed by atoms with Crippen LogP contribution in [0.1, 0.15) is 68.6 Å². The lowest BCUT2D eigenvalue weighted by Gasteiger charge is -2.33. The van der Waals surface area contributed by atoms with Gasteiger partial charge in [0.15, 0.2) is 6.61 Å². The zero-order valence-electron chi connectivity index (χ0n) is 18.0. The second-order valence-electron chi connectivity index (χ2n) is 8.16. The summed E-state index contributed by atoms with van der Waals surface area (Å²) in [5.41, 5.74) is 0.0634. The zero-order valence-corrected chi connectivity index (χ0v) is 19.6. The number of rotatable bonds is 7. The lowest BCUT2D eigenvalue weighted by atomic mass is 9.94. The number of piperidine rings is 1. The molecular formula is C22H31ClN2O5S. The van der Waals surface area contributed by atoms with Crippen molar-refractivity contribution in [2.45, 2.75) is 69.2 Å². The van der Waals surface area contributed by atoms with Crippen LogP contribution in [-0.4, -0.2) is 61.8 Å². The van der Waals surface area contributed by atoms with Gasteiger partial charge in [0.05, 0.1) is 10.6 Å². The topological polar surface area (TPSA) is 84.0 Å². The number of halogens is 1. The number of sulfonamides is 1. The van der Waals surface area contributed by atoms with Crippen LogP contribution in [0.4, 0.5) is 0 Å². The molecule has 0 bridgehead atoms. The van der Waals surface area contributed by atoms with E-state index in [2.05, 4.69) is 0 Å². The Hall–Kier alpha value is -1.64. The molecule has 1 saturated heterocycles. The van der Waals surface area contributed by atoms with Gasteiger partial charge in [0.2, 0.25) is 10.0 Å². The Morgan fingerprint density at radius 2 is 1.74 bits per heavy atom. The Bertz CT molecular complexity index is 893. The maximum absolute atomic E-state index is 13.0. The number of amides is 1. The van der Waals surface area contributed by atoms with Crippen LogP contribution in [0.3, 0.4) is 0 Å². The third-order valence-corrected chi connectivity index (χ3v) is 8.48. The second kappa shape index (κ2) is 10.8. The molecule has 2 aliphatic rings. The van der Waals surface area contributed by atoms with E-state index < -0.39 is 16.0 Å². The van der Waals surface area contributed by atoms with Crippen LogP contribution in [0.5, 0.6) is 0 Å². The van der Waals surface area contributed by atoms with Gasteiger partial charge in [0, 0.05) is 25.7 Å². The van der Waals surface area contributed by atoms with Crippen molar-refractivity contribution >= 4 is 33.5 Å². The Labute approximate surface area is 189 Å². The van der Waals surface area contributed by atoms with E-state index in [4.69, 9.17) is 16.3 Å². The molecule has 1 heterocycles. The van der Waals surface area contributed by atoms with Crippen LogP contribution in [0.2, 0.25) is 5.02 Å². The van der Waals surface area contributed by atoms with E-state index in [0.717, 1.165) is 44.9 Å². The number of esters is 1. The highest BCUT2D eigenvalue weighted by Crippen LogP contribution is 2.28. The van der Waals surface area contributed by atoms with Gasteiger partial charge in [-0.1, -0.05) is 37.3 Å². The van der Waals surface area contributed by atoms with Crippen molar-refractivity contribution in [3.8, 4) is 0 Å². The molecule has 0 radical (unpaired) electrons. The van der Waals surface area contributed by atoms with Gasteiger partial charge < -0.3 is 9.64 Å². The van der Waals surface area contributed by atoms with Gasteiger partial charge in [-0.05, 0) is 50.8 Å². The van der Waals surface area contributed by atoms with E-state index in [1.165, 1.54) is 28.9 Å². The average Bonchev–Trinajstić information content (AvgIpc) is 2.79. The van der Waals surface area contributed by atoms with Crippen LogP contribution in [-0.2, 0) is 19.6 Å². The summed E-state index contributed by atoms with van der Waals surface area (Å²) in [7, 11) is -3.79. The normalized spacial score (nSPS) is 18.5. The van der Waals surface area contributed by atoms with Crippen molar-refractivity contribution in [3.63, 3.8) is 0 Å². The van der Waals surface area contributed by atoms with Crippen LogP contribution in [0.25, 0.3) is 0 Å². The fourth-order valence-corrected chi connectivity index (χ4v) is 6.41. The average molecular weight is 471 g/mol. The zero-order chi connectivity index (χ0) is 22.4. The van der Waals surface area contributed by atoms with Gasteiger partial charge in [0.1, 0.15) is 4.90 Å². The maximum Gasteiger partial charge on any atom is 0.338 e. The van der Waals surface area contributed by atoms with Crippen molar-refractivity contribution in [2.24, 2.45) is 0 Å². The summed E-state index contributed by atoms with van der Waals surface area (Å²) in [5, 5.41) is 0.0626. The first kappa shape index (κ1) is 24.0. The molecular weight excluding hydrogens is 440 g/mol. The molecule has 9 heteroatoms. The van der Waals surface area contributed by atoms with Crippen molar-refractivity contribution < 1.29 is 22.7 Å². The molecule has 1 saturated carbocycles. The number of ether oxygens (including phenoxy) is 1. The first-order valence-electron chi connectivity index (χ1n) is 11.1. The lowest BCUT2D eigenvalue weighted by molar-refractivity contribution is -0.137. The molecule has 1 amide bonds. The standard InChI is InChI=1S/C22H31ClN2O5S/c1-2-25(18-9-5-3-6-10-18)21(26)16-30-22(27)17-11-12-19(23)20(15-17)31(28,29)24-13-7-4-8-14-24/h11-12,15,18H,2-10,13-14,16H2,1H3.